The zero-order valence-electron chi connectivity index (χ0n) is 8.49. The van der Waals surface area contributed by atoms with E-state index >= 15 is 0 Å². The van der Waals surface area contributed by atoms with Gasteiger partial charge in [-0.1, -0.05) is 0 Å². The molecule has 0 radical (unpaired) electrons. The second-order valence-electron chi connectivity index (χ2n) is 3.69. The molecule has 0 fully saturated rings. The third-order valence-corrected chi connectivity index (χ3v) is 2.15. The number of aryl methyl sites for hydroxylation is 1. The number of aliphatic hydroxyl groups excluding tert-OH is 2. The van der Waals surface area contributed by atoms with Crippen molar-refractivity contribution in [3.8, 4) is 0 Å². The van der Waals surface area contributed by atoms with Gasteiger partial charge in [-0.25, -0.2) is 0 Å². The minimum atomic E-state index is -0.688. The van der Waals surface area contributed by atoms with Crippen LogP contribution in [0.4, 0.5) is 5.69 Å². The van der Waals surface area contributed by atoms with Crippen molar-refractivity contribution in [3.05, 3.63) is 24.0 Å². The van der Waals surface area contributed by atoms with Crippen LogP contribution >= 0.6 is 0 Å². The van der Waals surface area contributed by atoms with E-state index in [-0.39, 0.29) is 13.2 Å². The Hall–Kier alpha value is -1.13. The van der Waals surface area contributed by atoms with Crippen molar-refractivity contribution in [2.24, 2.45) is 0 Å². The van der Waals surface area contributed by atoms with E-state index in [0.717, 1.165) is 11.3 Å². The van der Waals surface area contributed by atoms with Gasteiger partial charge in [0.05, 0.1) is 18.8 Å². The highest BCUT2D eigenvalue weighted by molar-refractivity contribution is 5.50. The first-order valence-electron chi connectivity index (χ1n) is 4.52. The zero-order chi connectivity index (χ0) is 10.6. The van der Waals surface area contributed by atoms with Crippen LogP contribution in [-0.2, 0) is 0 Å². The molecule has 3 N–H and O–H groups in total. The summed E-state index contributed by atoms with van der Waals surface area (Å²) >= 11 is 0. The molecule has 1 heterocycles. The van der Waals surface area contributed by atoms with Gasteiger partial charge in [0, 0.05) is 18.1 Å². The number of anilines is 1. The van der Waals surface area contributed by atoms with E-state index in [0.29, 0.717) is 0 Å². The molecule has 4 heteroatoms. The molecule has 1 aromatic rings. The number of hydrogen-bond acceptors (Lipinski definition) is 4. The van der Waals surface area contributed by atoms with Crippen LogP contribution in [0.5, 0.6) is 0 Å². The van der Waals surface area contributed by atoms with Crippen molar-refractivity contribution >= 4 is 5.69 Å². The lowest BCUT2D eigenvalue weighted by molar-refractivity contribution is 0.147. The maximum Gasteiger partial charge on any atom is 0.0806 e. The van der Waals surface area contributed by atoms with Gasteiger partial charge in [0.15, 0.2) is 0 Å². The molecule has 0 spiro atoms. The summed E-state index contributed by atoms with van der Waals surface area (Å²) < 4.78 is 0. The fourth-order valence-electron chi connectivity index (χ4n) is 1.07. The van der Waals surface area contributed by atoms with E-state index in [9.17, 15) is 0 Å². The van der Waals surface area contributed by atoms with Gasteiger partial charge < -0.3 is 15.5 Å². The third kappa shape index (κ3) is 2.43. The Morgan fingerprint density at radius 3 is 2.57 bits per heavy atom. The van der Waals surface area contributed by atoms with Crippen molar-refractivity contribution in [2.45, 2.75) is 19.4 Å². The Kier molecular flexibility index (Phi) is 3.43. The van der Waals surface area contributed by atoms with E-state index < -0.39 is 5.54 Å². The van der Waals surface area contributed by atoms with Gasteiger partial charge in [0.1, 0.15) is 0 Å². The van der Waals surface area contributed by atoms with Crippen molar-refractivity contribution in [2.75, 3.05) is 18.5 Å². The number of aromatic nitrogens is 1. The standard InChI is InChI=1S/C10H16N2O2/c1-8-5-11-4-3-9(8)12-10(2,6-13)7-14/h3-5,13-14H,6-7H2,1-2H3,(H,11,12). The zero-order valence-corrected chi connectivity index (χ0v) is 8.49. The number of pyridine rings is 1. The molecule has 78 valence electrons. The Bertz CT molecular complexity index is 298. The molecule has 0 amide bonds. The Balaban J connectivity index is 2.82. The first-order chi connectivity index (χ1) is 6.61. The summed E-state index contributed by atoms with van der Waals surface area (Å²) in [7, 11) is 0. The number of hydrogen-bond donors (Lipinski definition) is 3. The van der Waals surface area contributed by atoms with Crippen LogP contribution in [0.15, 0.2) is 18.5 Å². The van der Waals surface area contributed by atoms with E-state index in [1.807, 2.05) is 13.0 Å². The second kappa shape index (κ2) is 4.39. The summed E-state index contributed by atoms with van der Waals surface area (Å²) in [5.74, 6) is 0. The van der Waals surface area contributed by atoms with Crippen LogP contribution in [0.1, 0.15) is 12.5 Å². The highest BCUT2D eigenvalue weighted by Gasteiger charge is 2.22. The van der Waals surface area contributed by atoms with Gasteiger partial charge in [-0.3, -0.25) is 4.98 Å². The summed E-state index contributed by atoms with van der Waals surface area (Å²) in [4.78, 5) is 3.96. The number of nitrogens with one attached hydrogen (secondary N) is 1. The normalized spacial score (nSPS) is 11.4. The summed E-state index contributed by atoms with van der Waals surface area (Å²) in [6, 6.07) is 1.82. The largest absolute Gasteiger partial charge is 0.394 e. The molecule has 0 aliphatic heterocycles. The molecular weight excluding hydrogens is 180 g/mol. The lowest BCUT2D eigenvalue weighted by Crippen LogP contribution is -2.42. The molecule has 1 rings (SSSR count). The molecule has 1 aromatic heterocycles. The highest BCUT2D eigenvalue weighted by atomic mass is 16.3. The average molecular weight is 196 g/mol. The van der Waals surface area contributed by atoms with Crippen LogP contribution < -0.4 is 5.32 Å². The second-order valence-corrected chi connectivity index (χ2v) is 3.69. The van der Waals surface area contributed by atoms with Gasteiger partial charge >= 0.3 is 0 Å². The van der Waals surface area contributed by atoms with Crippen LogP contribution in [-0.4, -0.2) is 33.9 Å². The van der Waals surface area contributed by atoms with Crippen LogP contribution in [0.3, 0.4) is 0 Å². The number of rotatable bonds is 4. The molecule has 4 nitrogen and oxygen atoms in total. The maximum absolute atomic E-state index is 9.10. The number of nitrogens with zero attached hydrogens (tertiary/aromatic N) is 1. The predicted octanol–water partition coefficient (Wildman–Crippen LogP) is 0.545. The monoisotopic (exact) mass is 196 g/mol. The molecule has 0 bridgehead atoms. The molecule has 0 aliphatic carbocycles. The Morgan fingerprint density at radius 1 is 1.43 bits per heavy atom. The molecule has 0 saturated heterocycles. The van der Waals surface area contributed by atoms with Crippen molar-refractivity contribution in [1.82, 2.24) is 4.98 Å². The van der Waals surface area contributed by atoms with Crippen molar-refractivity contribution in [1.29, 1.82) is 0 Å². The molecule has 0 saturated carbocycles. The summed E-state index contributed by atoms with van der Waals surface area (Å²) in [6.45, 7) is 3.44. The van der Waals surface area contributed by atoms with Gasteiger partial charge in [-0.2, -0.15) is 0 Å². The Labute approximate surface area is 83.6 Å². The molecule has 0 atom stereocenters. The van der Waals surface area contributed by atoms with E-state index in [2.05, 4.69) is 10.3 Å². The van der Waals surface area contributed by atoms with Crippen LogP contribution in [0.25, 0.3) is 0 Å². The van der Waals surface area contributed by atoms with Crippen molar-refractivity contribution in [3.63, 3.8) is 0 Å². The molecule has 0 unspecified atom stereocenters. The van der Waals surface area contributed by atoms with Crippen LogP contribution in [0, 0.1) is 6.92 Å². The first kappa shape index (κ1) is 10.9. The fraction of sp³-hybridized carbons (Fsp3) is 0.500. The quantitative estimate of drug-likeness (QED) is 0.658. The van der Waals surface area contributed by atoms with Gasteiger partial charge in [0.25, 0.3) is 0 Å². The minimum Gasteiger partial charge on any atom is -0.394 e. The smallest absolute Gasteiger partial charge is 0.0806 e. The van der Waals surface area contributed by atoms with E-state index in [4.69, 9.17) is 10.2 Å². The molecule has 0 aliphatic rings. The maximum atomic E-state index is 9.10. The van der Waals surface area contributed by atoms with Crippen molar-refractivity contribution < 1.29 is 10.2 Å². The Morgan fingerprint density at radius 2 is 2.07 bits per heavy atom. The van der Waals surface area contributed by atoms with Gasteiger partial charge in [-0.05, 0) is 25.5 Å². The summed E-state index contributed by atoms with van der Waals surface area (Å²) in [5.41, 5.74) is 1.18. The van der Waals surface area contributed by atoms with E-state index in [1.165, 1.54) is 0 Å². The molecular formula is C10H16N2O2. The minimum absolute atomic E-state index is 0.120. The topological polar surface area (TPSA) is 65.4 Å². The average Bonchev–Trinajstić information content (AvgIpc) is 2.21. The molecule has 0 aromatic carbocycles. The predicted molar refractivity (Wildman–Crippen MR) is 55.2 cm³/mol. The molecule has 14 heavy (non-hydrogen) atoms. The highest BCUT2D eigenvalue weighted by Crippen LogP contribution is 2.17. The SMILES string of the molecule is Cc1cnccc1NC(C)(CO)CO. The van der Waals surface area contributed by atoms with Gasteiger partial charge in [-0.15, -0.1) is 0 Å². The van der Waals surface area contributed by atoms with E-state index in [1.54, 1.807) is 19.3 Å². The van der Waals surface area contributed by atoms with Gasteiger partial charge in [0.2, 0.25) is 0 Å². The summed E-state index contributed by atoms with van der Waals surface area (Å²) in [6.07, 6.45) is 3.40. The van der Waals surface area contributed by atoms with Crippen LogP contribution in [0.2, 0.25) is 0 Å². The first-order valence-corrected chi connectivity index (χ1v) is 4.52. The number of aliphatic hydroxyl groups is 2. The lowest BCUT2D eigenvalue weighted by Gasteiger charge is -2.28. The third-order valence-electron chi connectivity index (χ3n) is 2.15. The summed E-state index contributed by atoms with van der Waals surface area (Å²) in [5, 5.41) is 21.3. The fourth-order valence-corrected chi connectivity index (χ4v) is 1.07. The lowest BCUT2D eigenvalue weighted by atomic mass is 10.0.